The van der Waals surface area contributed by atoms with Crippen LogP contribution in [0.4, 0.5) is 0 Å². The summed E-state index contributed by atoms with van der Waals surface area (Å²) in [6.45, 7) is 2.73. The molecule has 2 N–H and O–H groups in total. The molecule has 1 aliphatic carbocycles. The highest BCUT2D eigenvalue weighted by Gasteiger charge is 2.41. The number of hydrogen-bond acceptors (Lipinski definition) is 4. The summed E-state index contributed by atoms with van der Waals surface area (Å²) in [5.41, 5.74) is 1.34. The van der Waals surface area contributed by atoms with Crippen LogP contribution in [0.15, 0.2) is 6.07 Å². The number of imidazole rings is 1. The zero-order valence-corrected chi connectivity index (χ0v) is 15.8. The Balaban J connectivity index is 1.74. The van der Waals surface area contributed by atoms with Crippen molar-refractivity contribution in [3.63, 3.8) is 0 Å². The van der Waals surface area contributed by atoms with Gasteiger partial charge in [-0.3, -0.25) is 4.79 Å². The molecule has 1 saturated carbocycles. The Morgan fingerprint density at radius 3 is 2.59 bits per heavy atom. The van der Waals surface area contributed by atoms with Gasteiger partial charge in [0.1, 0.15) is 16.9 Å². The second kappa shape index (κ2) is 6.94. The van der Waals surface area contributed by atoms with Crippen molar-refractivity contribution < 1.29 is 14.7 Å². The van der Waals surface area contributed by atoms with Crippen LogP contribution in [0.5, 0.6) is 0 Å². The van der Waals surface area contributed by atoms with Gasteiger partial charge in [-0.2, -0.15) is 0 Å². The molecule has 27 heavy (non-hydrogen) atoms. The summed E-state index contributed by atoms with van der Waals surface area (Å²) >= 11 is 0. The fourth-order valence-corrected chi connectivity index (χ4v) is 4.42. The van der Waals surface area contributed by atoms with Crippen molar-refractivity contribution in [2.45, 2.75) is 76.8 Å². The summed E-state index contributed by atoms with van der Waals surface area (Å²) in [4.78, 5) is 34.4. The molecule has 0 aromatic carbocycles. The fraction of sp³-hybridized carbons (Fsp3) is 0.600. The molecule has 0 saturated heterocycles. The molecule has 3 heterocycles. The van der Waals surface area contributed by atoms with Crippen molar-refractivity contribution >= 4 is 23.0 Å². The maximum Gasteiger partial charge on any atom is 0.329 e. The maximum atomic E-state index is 13.1. The molecule has 144 valence electrons. The quantitative estimate of drug-likeness (QED) is 0.866. The van der Waals surface area contributed by atoms with Crippen LogP contribution in [0.2, 0.25) is 0 Å². The minimum Gasteiger partial charge on any atom is -0.480 e. The Morgan fingerprint density at radius 2 is 1.85 bits per heavy atom. The molecule has 2 aromatic rings. The monoisotopic (exact) mass is 370 g/mol. The van der Waals surface area contributed by atoms with Gasteiger partial charge in [0.25, 0.3) is 5.91 Å². The molecule has 0 unspecified atom stereocenters. The zero-order chi connectivity index (χ0) is 19.0. The van der Waals surface area contributed by atoms with E-state index in [-0.39, 0.29) is 5.91 Å². The number of aryl methyl sites for hydroxylation is 3. The van der Waals surface area contributed by atoms with E-state index in [2.05, 4.69) is 14.9 Å². The van der Waals surface area contributed by atoms with Crippen LogP contribution in [0.25, 0.3) is 11.2 Å². The number of nitrogens with zero attached hydrogens (tertiary/aromatic N) is 3. The number of hydrogen-bond donors (Lipinski definition) is 2. The first-order chi connectivity index (χ1) is 13.0. The Morgan fingerprint density at radius 1 is 1.11 bits per heavy atom. The van der Waals surface area contributed by atoms with E-state index >= 15 is 0 Å². The smallest absolute Gasteiger partial charge is 0.329 e. The number of carbonyl (C=O) groups is 2. The number of carboxylic acid groups (broad SMARTS) is 1. The van der Waals surface area contributed by atoms with E-state index in [4.69, 9.17) is 4.98 Å². The Labute approximate surface area is 158 Å². The summed E-state index contributed by atoms with van der Waals surface area (Å²) in [5.74, 6) is -0.332. The average Bonchev–Trinajstić information content (AvgIpc) is 2.83. The first-order valence-corrected chi connectivity index (χ1v) is 9.93. The number of fused-ring (bicyclic) bond motifs is 3. The van der Waals surface area contributed by atoms with Gasteiger partial charge in [-0.15, -0.1) is 0 Å². The zero-order valence-electron chi connectivity index (χ0n) is 15.8. The predicted octanol–water partition coefficient (Wildman–Crippen LogP) is 2.98. The van der Waals surface area contributed by atoms with Crippen molar-refractivity contribution in [1.82, 2.24) is 19.9 Å². The minimum absolute atomic E-state index is 0.358. The van der Waals surface area contributed by atoms with Crippen LogP contribution in [0.3, 0.4) is 0 Å². The number of carbonyl (C=O) groups excluding carboxylic acids is 1. The van der Waals surface area contributed by atoms with E-state index < -0.39 is 11.5 Å². The van der Waals surface area contributed by atoms with Gasteiger partial charge in [0, 0.05) is 18.7 Å². The van der Waals surface area contributed by atoms with Crippen LogP contribution in [-0.2, 0) is 17.8 Å². The molecular formula is C20H26N4O3. The lowest BCUT2D eigenvalue weighted by Gasteiger charge is -2.34. The van der Waals surface area contributed by atoms with Gasteiger partial charge >= 0.3 is 5.97 Å². The lowest BCUT2D eigenvalue weighted by atomic mass is 9.81. The van der Waals surface area contributed by atoms with Gasteiger partial charge in [-0.05, 0) is 38.7 Å². The number of rotatable bonds is 3. The van der Waals surface area contributed by atoms with Crippen LogP contribution in [0, 0.1) is 6.92 Å². The number of nitrogens with one attached hydrogen (secondary N) is 1. The second-order valence-corrected chi connectivity index (χ2v) is 7.88. The Hall–Kier alpha value is -2.44. The molecule has 0 bridgehead atoms. The van der Waals surface area contributed by atoms with E-state index in [0.29, 0.717) is 23.9 Å². The van der Waals surface area contributed by atoms with E-state index in [1.54, 1.807) is 6.07 Å². The second-order valence-electron chi connectivity index (χ2n) is 7.88. The highest BCUT2D eigenvalue weighted by atomic mass is 16.4. The highest BCUT2D eigenvalue weighted by molar-refractivity contribution is 6.06. The Kier molecular flexibility index (Phi) is 4.61. The first kappa shape index (κ1) is 17.9. The SMILES string of the molecule is Cc1cc(C(=O)NC2(C(=O)O)CCCCC2)c2nc3n(c2n1)CCCCC3. The van der Waals surface area contributed by atoms with E-state index in [1.165, 1.54) is 6.42 Å². The lowest BCUT2D eigenvalue weighted by molar-refractivity contribution is -0.145. The standard InChI is InChI=1S/C20H26N4O3/c1-13-12-14(18(25)23-20(19(26)27)9-5-3-6-10-20)16-17(21-13)24-11-7-2-4-8-15(24)22-16/h12H,2-11H2,1H3,(H,23,25)(H,26,27). The van der Waals surface area contributed by atoms with Gasteiger partial charge in [-0.1, -0.05) is 25.7 Å². The summed E-state index contributed by atoms with van der Waals surface area (Å²) in [7, 11) is 0. The van der Waals surface area contributed by atoms with Crippen molar-refractivity contribution in [3.05, 3.63) is 23.1 Å². The summed E-state index contributed by atoms with van der Waals surface area (Å²) in [6, 6.07) is 1.73. The van der Waals surface area contributed by atoms with Gasteiger partial charge in [0.05, 0.1) is 5.56 Å². The predicted molar refractivity (Wildman–Crippen MR) is 101 cm³/mol. The van der Waals surface area contributed by atoms with Crippen LogP contribution < -0.4 is 5.32 Å². The summed E-state index contributed by atoms with van der Waals surface area (Å²) in [5, 5.41) is 12.6. The maximum absolute atomic E-state index is 13.1. The van der Waals surface area contributed by atoms with E-state index in [0.717, 1.165) is 62.2 Å². The average molecular weight is 370 g/mol. The fourth-order valence-electron chi connectivity index (χ4n) is 4.42. The molecule has 2 aliphatic rings. The molecule has 2 aromatic heterocycles. The Bertz CT molecular complexity index is 896. The van der Waals surface area contributed by atoms with Gasteiger partial charge in [-0.25, -0.2) is 14.8 Å². The molecule has 4 rings (SSSR count). The van der Waals surface area contributed by atoms with Crippen molar-refractivity contribution in [1.29, 1.82) is 0 Å². The molecule has 7 nitrogen and oxygen atoms in total. The molecule has 0 atom stereocenters. The topological polar surface area (TPSA) is 97.1 Å². The first-order valence-electron chi connectivity index (χ1n) is 9.93. The van der Waals surface area contributed by atoms with Crippen LogP contribution in [-0.4, -0.2) is 37.1 Å². The number of pyridine rings is 1. The summed E-state index contributed by atoms with van der Waals surface area (Å²) < 4.78 is 2.12. The van der Waals surface area contributed by atoms with E-state index in [9.17, 15) is 14.7 Å². The molecule has 1 fully saturated rings. The van der Waals surface area contributed by atoms with Gasteiger partial charge in [0.15, 0.2) is 5.65 Å². The molecule has 0 radical (unpaired) electrons. The third-order valence-electron chi connectivity index (χ3n) is 5.91. The van der Waals surface area contributed by atoms with Crippen molar-refractivity contribution in [3.8, 4) is 0 Å². The minimum atomic E-state index is -1.17. The summed E-state index contributed by atoms with van der Waals surface area (Å²) in [6.07, 6.45) is 7.82. The molecule has 0 spiro atoms. The number of aromatic nitrogens is 3. The molecular weight excluding hydrogens is 344 g/mol. The number of aliphatic carboxylic acids is 1. The lowest BCUT2D eigenvalue weighted by Crippen LogP contribution is -2.55. The largest absolute Gasteiger partial charge is 0.480 e. The number of carboxylic acids is 1. The third kappa shape index (κ3) is 3.19. The number of amides is 1. The normalized spacial score (nSPS) is 19.3. The van der Waals surface area contributed by atoms with Crippen molar-refractivity contribution in [2.75, 3.05) is 0 Å². The molecule has 7 heteroatoms. The van der Waals surface area contributed by atoms with Crippen LogP contribution in [0.1, 0.15) is 73.2 Å². The van der Waals surface area contributed by atoms with Crippen LogP contribution >= 0.6 is 0 Å². The molecule has 1 amide bonds. The van der Waals surface area contributed by atoms with Gasteiger partial charge in [0.2, 0.25) is 0 Å². The third-order valence-corrected chi connectivity index (χ3v) is 5.91. The van der Waals surface area contributed by atoms with Crippen molar-refractivity contribution in [2.24, 2.45) is 0 Å². The van der Waals surface area contributed by atoms with Gasteiger partial charge < -0.3 is 15.0 Å². The molecule has 1 aliphatic heterocycles. The van der Waals surface area contributed by atoms with E-state index in [1.807, 2.05) is 6.92 Å². The highest BCUT2D eigenvalue weighted by Crippen LogP contribution is 2.30.